The molecule has 3 aromatic carbocycles. The number of amides is 1. The summed E-state index contributed by atoms with van der Waals surface area (Å²) < 4.78 is 38.5. The van der Waals surface area contributed by atoms with Crippen LogP contribution >= 0.6 is 11.6 Å². The molecule has 0 saturated carbocycles. The number of aromatic nitrogens is 3. The Morgan fingerprint density at radius 3 is 2.42 bits per heavy atom. The van der Waals surface area contributed by atoms with E-state index in [2.05, 4.69) is 20.3 Å². The first-order valence-corrected chi connectivity index (χ1v) is 11.3. The Morgan fingerprint density at radius 1 is 0.972 bits per heavy atom. The van der Waals surface area contributed by atoms with Gasteiger partial charge in [0.25, 0.3) is 5.91 Å². The highest BCUT2D eigenvalue weighted by Crippen LogP contribution is 2.32. The normalized spacial score (nSPS) is 11.6. The third-order valence-electron chi connectivity index (χ3n) is 5.78. The maximum absolute atomic E-state index is 13.0. The summed E-state index contributed by atoms with van der Waals surface area (Å²) in [5.41, 5.74) is 4.43. The van der Waals surface area contributed by atoms with E-state index in [1.165, 1.54) is 12.1 Å². The third-order valence-corrected chi connectivity index (χ3v) is 6.11. The Hall–Kier alpha value is -4.17. The van der Waals surface area contributed by atoms with Crippen LogP contribution in [0.25, 0.3) is 33.5 Å². The average molecular weight is 507 g/mol. The minimum Gasteiger partial charge on any atom is -0.338 e. The Labute approximate surface area is 209 Å². The van der Waals surface area contributed by atoms with Crippen molar-refractivity contribution in [1.82, 2.24) is 15.0 Å². The number of rotatable bonds is 4. The van der Waals surface area contributed by atoms with Crippen LogP contribution in [0.4, 0.5) is 18.9 Å². The predicted molar refractivity (Wildman–Crippen MR) is 134 cm³/mol. The molecule has 36 heavy (non-hydrogen) atoms. The van der Waals surface area contributed by atoms with Gasteiger partial charge in [-0.25, -0.2) is 4.98 Å². The van der Waals surface area contributed by atoms with Crippen LogP contribution in [0.3, 0.4) is 0 Å². The number of aromatic amines is 1. The SMILES string of the molecule is Cc1cc(-c2ccc(C(F)(F)F)cc2)ccc1C(=O)Nc1ccc(Cl)c(-c2nc3cnccc3[nH]2)c1. The van der Waals surface area contributed by atoms with Crippen molar-refractivity contribution in [2.75, 3.05) is 5.32 Å². The van der Waals surface area contributed by atoms with E-state index in [0.29, 0.717) is 49.9 Å². The minimum atomic E-state index is -4.39. The second-order valence-corrected chi connectivity index (χ2v) is 8.64. The number of pyridine rings is 1. The number of alkyl halides is 3. The van der Waals surface area contributed by atoms with Gasteiger partial charge < -0.3 is 10.3 Å². The summed E-state index contributed by atoms with van der Waals surface area (Å²) in [6, 6.07) is 17.0. The summed E-state index contributed by atoms with van der Waals surface area (Å²) >= 11 is 6.40. The number of imidazole rings is 1. The van der Waals surface area contributed by atoms with E-state index in [1.807, 2.05) is 6.07 Å². The van der Waals surface area contributed by atoms with Crippen LogP contribution in [0.1, 0.15) is 21.5 Å². The number of hydrogen-bond donors (Lipinski definition) is 2. The number of halogens is 4. The van der Waals surface area contributed by atoms with E-state index >= 15 is 0 Å². The van der Waals surface area contributed by atoms with Gasteiger partial charge in [-0.15, -0.1) is 0 Å². The largest absolute Gasteiger partial charge is 0.416 e. The highest BCUT2D eigenvalue weighted by atomic mass is 35.5. The number of nitrogens with zero attached hydrogens (tertiary/aromatic N) is 2. The van der Waals surface area contributed by atoms with Crippen molar-refractivity contribution in [1.29, 1.82) is 0 Å². The van der Waals surface area contributed by atoms with Crippen LogP contribution in [0, 0.1) is 6.92 Å². The fourth-order valence-electron chi connectivity index (χ4n) is 3.92. The number of carbonyl (C=O) groups excluding carboxylic acids is 1. The molecular weight excluding hydrogens is 489 g/mol. The van der Waals surface area contributed by atoms with Gasteiger partial charge in [-0.05, 0) is 66.1 Å². The molecule has 5 nitrogen and oxygen atoms in total. The van der Waals surface area contributed by atoms with Crippen LogP contribution in [0.15, 0.2) is 79.1 Å². The van der Waals surface area contributed by atoms with Crippen molar-refractivity contribution >= 4 is 34.2 Å². The second kappa shape index (κ2) is 9.13. The second-order valence-electron chi connectivity index (χ2n) is 8.23. The number of aryl methyl sites for hydroxylation is 1. The molecule has 0 fully saturated rings. The fraction of sp³-hybridized carbons (Fsp3) is 0.0741. The van der Waals surface area contributed by atoms with Crippen LogP contribution in [0.2, 0.25) is 5.02 Å². The summed E-state index contributed by atoms with van der Waals surface area (Å²) in [6.45, 7) is 1.78. The molecule has 2 heterocycles. The third kappa shape index (κ3) is 4.67. The van der Waals surface area contributed by atoms with E-state index in [4.69, 9.17) is 11.6 Å². The molecule has 0 atom stereocenters. The van der Waals surface area contributed by atoms with Crippen molar-refractivity contribution in [2.45, 2.75) is 13.1 Å². The zero-order valence-electron chi connectivity index (χ0n) is 18.8. The summed E-state index contributed by atoms with van der Waals surface area (Å²) in [4.78, 5) is 24.8. The Bertz CT molecular complexity index is 1560. The number of benzene rings is 3. The molecule has 2 N–H and O–H groups in total. The lowest BCUT2D eigenvalue weighted by Gasteiger charge is -2.12. The molecule has 180 valence electrons. The lowest BCUT2D eigenvalue weighted by atomic mass is 9.98. The zero-order valence-corrected chi connectivity index (χ0v) is 19.6. The monoisotopic (exact) mass is 506 g/mol. The lowest BCUT2D eigenvalue weighted by molar-refractivity contribution is -0.137. The van der Waals surface area contributed by atoms with Gasteiger partial charge in [-0.3, -0.25) is 9.78 Å². The zero-order chi connectivity index (χ0) is 25.4. The molecule has 9 heteroatoms. The maximum atomic E-state index is 13.0. The number of fused-ring (bicyclic) bond motifs is 1. The molecule has 0 aliphatic heterocycles. The minimum absolute atomic E-state index is 0.325. The van der Waals surface area contributed by atoms with Crippen molar-refractivity contribution in [3.05, 3.63) is 101 Å². The van der Waals surface area contributed by atoms with E-state index in [-0.39, 0.29) is 5.91 Å². The number of H-pyrrole nitrogens is 1. The molecule has 0 aliphatic rings. The molecule has 2 aromatic heterocycles. The molecular formula is C27H18ClF3N4O. The van der Waals surface area contributed by atoms with Crippen molar-refractivity contribution in [3.63, 3.8) is 0 Å². The Morgan fingerprint density at radius 2 is 1.72 bits per heavy atom. The van der Waals surface area contributed by atoms with E-state index in [9.17, 15) is 18.0 Å². The standard InChI is InChI=1S/C27H18ClF3N4O/c1-15-12-17(16-2-5-18(6-3-16)27(29,30)31)4-8-20(15)26(36)33-19-7-9-22(28)21(13-19)25-34-23-10-11-32-14-24(23)35-25/h2-14H,1H3,(H,33,36)(H,34,35). The van der Waals surface area contributed by atoms with Crippen molar-refractivity contribution in [2.24, 2.45) is 0 Å². The summed E-state index contributed by atoms with van der Waals surface area (Å²) in [7, 11) is 0. The van der Waals surface area contributed by atoms with Gasteiger partial charge in [0.1, 0.15) is 11.3 Å². The summed E-state index contributed by atoms with van der Waals surface area (Å²) in [5, 5.41) is 3.35. The molecule has 0 bridgehead atoms. The summed E-state index contributed by atoms with van der Waals surface area (Å²) in [5.74, 6) is 0.227. The van der Waals surface area contributed by atoms with Gasteiger partial charge in [-0.2, -0.15) is 13.2 Å². The molecule has 0 saturated heterocycles. The fourth-order valence-corrected chi connectivity index (χ4v) is 4.12. The molecule has 0 spiro atoms. The number of carbonyl (C=O) groups is 1. The van der Waals surface area contributed by atoms with Crippen molar-refractivity contribution < 1.29 is 18.0 Å². The van der Waals surface area contributed by atoms with E-state index < -0.39 is 11.7 Å². The quantitative estimate of drug-likeness (QED) is 0.265. The summed E-state index contributed by atoms with van der Waals surface area (Å²) in [6.07, 6.45) is -1.08. The first kappa shape index (κ1) is 23.6. The molecule has 5 rings (SSSR count). The highest BCUT2D eigenvalue weighted by Gasteiger charge is 2.30. The number of nitrogens with one attached hydrogen (secondary N) is 2. The van der Waals surface area contributed by atoms with Crippen LogP contribution in [-0.4, -0.2) is 20.9 Å². The first-order valence-electron chi connectivity index (χ1n) is 10.9. The Balaban J connectivity index is 1.37. The molecule has 0 radical (unpaired) electrons. The number of anilines is 1. The molecule has 5 aromatic rings. The average Bonchev–Trinajstić information content (AvgIpc) is 3.29. The highest BCUT2D eigenvalue weighted by molar-refractivity contribution is 6.33. The van der Waals surface area contributed by atoms with E-state index in [1.54, 1.807) is 55.7 Å². The molecule has 1 amide bonds. The molecule has 0 unspecified atom stereocenters. The van der Waals surface area contributed by atoms with Gasteiger partial charge in [0, 0.05) is 23.0 Å². The van der Waals surface area contributed by atoms with E-state index in [0.717, 1.165) is 17.6 Å². The van der Waals surface area contributed by atoms with Gasteiger partial charge in [-0.1, -0.05) is 35.9 Å². The topological polar surface area (TPSA) is 70.7 Å². The van der Waals surface area contributed by atoms with Gasteiger partial charge >= 0.3 is 6.18 Å². The smallest absolute Gasteiger partial charge is 0.338 e. The van der Waals surface area contributed by atoms with Crippen LogP contribution < -0.4 is 5.32 Å². The van der Waals surface area contributed by atoms with Gasteiger partial charge in [0.15, 0.2) is 0 Å². The predicted octanol–water partition coefficient (Wildman–Crippen LogP) is 7.52. The van der Waals surface area contributed by atoms with Crippen molar-refractivity contribution in [3.8, 4) is 22.5 Å². The van der Waals surface area contributed by atoms with Crippen LogP contribution in [0.5, 0.6) is 0 Å². The lowest BCUT2D eigenvalue weighted by Crippen LogP contribution is -2.13. The Kier molecular flexibility index (Phi) is 5.97. The molecule has 0 aliphatic carbocycles. The van der Waals surface area contributed by atoms with Gasteiger partial charge in [0.05, 0.1) is 22.3 Å². The van der Waals surface area contributed by atoms with Gasteiger partial charge in [0.2, 0.25) is 0 Å². The maximum Gasteiger partial charge on any atom is 0.416 e. The van der Waals surface area contributed by atoms with Crippen LogP contribution in [-0.2, 0) is 6.18 Å². The first-order chi connectivity index (χ1) is 17.2. The number of hydrogen-bond acceptors (Lipinski definition) is 3.